The van der Waals surface area contributed by atoms with Crippen LogP contribution < -0.4 is 0 Å². The Morgan fingerprint density at radius 3 is 2.65 bits per heavy atom. The molecule has 0 spiro atoms. The van der Waals surface area contributed by atoms with E-state index in [0.717, 1.165) is 45.1 Å². The van der Waals surface area contributed by atoms with Crippen LogP contribution in [0.4, 0.5) is 0 Å². The molecule has 0 radical (unpaired) electrons. The fourth-order valence-electron chi connectivity index (χ4n) is 4.18. The zero-order valence-electron chi connectivity index (χ0n) is 12.4. The second-order valence-corrected chi connectivity index (χ2v) is 6.41. The van der Waals surface area contributed by atoms with Gasteiger partial charge < -0.3 is 10.0 Å². The van der Waals surface area contributed by atoms with E-state index in [1.165, 1.54) is 12.1 Å². The van der Waals surface area contributed by atoms with E-state index >= 15 is 0 Å². The molecule has 0 aromatic heterocycles. The number of carbonyl (C=O) groups excluding carboxylic acids is 1. The van der Waals surface area contributed by atoms with Crippen LogP contribution in [0.2, 0.25) is 0 Å². The Hall–Kier alpha value is -0.870. The summed E-state index contributed by atoms with van der Waals surface area (Å²) in [5.74, 6) is 0.244. The molecular formula is C16H26N2O2. The molecule has 3 aliphatic rings. The summed E-state index contributed by atoms with van der Waals surface area (Å²) in [6.45, 7) is 3.37. The normalized spacial score (nSPS) is 33.3. The number of fused-ring (bicyclic) bond motifs is 2. The van der Waals surface area contributed by atoms with Crippen molar-refractivity contribution in [3.8, 4) is 0 Å². The van der Waals surface area contributed by atoms with Crippen molar-refractivity contribution in [2.75, 3.05) is 13.1 Å². The average molecular weight is 278 g/mol. The van der Waals surface area contributed by atoms with Crippen molar-refractivity contribution in [1.82, 2.24) is 9.80 Å². The molecule has 2 fully saturated rings. The third kappa shape index (κ3) is 2.63. The fraction of sp³-hybridized carbons (Fsp3) is 0.812. The van der Waals surface area contributed by atoms with Crippen molar-refractivity contribution < 1.29 is 9.90 Å². The van der Waals surface area contributed by atoms with Crippen molar-refractivity contribution in [2.24, 2.45) is 0 Å². The van der Waals surface area contributed by atoms with E-state index in [1.807, 2.05) is 4.90 Å². The van der Waals surface area contributed by atoms with Crippen LogP contribution in [0, 0.1) is 0 Å². The van der Waals surface area contributed by atoms with Gasteiger partial charge in [0.25, 0.3) is 0 Å². The first kappa shape index (κ1) is 14.1. The lowest BCUT2D eigenvalue weighted by Gasteiger charge is -2.37. The van der Waals surface area contributed by atoms with Crippen LogP contribution in [0.3, 0.4) is 0 Å². The van der Waals surface area contributed by atoms with Gasteiger partial charge in [0.2, 0.25) is 5.91 Å². The standard InChI is InChI=1S/C16H26N2O2/c1-2-17(12-5-3-4-6-12)16(20)11-18-13-7-8-14(18)10-15(19)9-13/h5,13-15,19H,2-4,6-11H2,1H3. The molecule has 2 aliphatic heterocycles. The number of piperidine rings is 1. The van der Waals surface area contributed by atoms with Gasteiger partial charge in [0.05, 0.1) is 12.6 Å². The van der Waals surface area contributed by atoms with E-state index in [-0.39, 0.29) is 12.0 Å². The number of amides is 1. The van der Waals surface area contributed by atoms with Crippen molar-refractivity contribution in [3.05, 3.63) is 11.8 Å². The van der Waals surface area contributed by atoms with Crippen LogP contribution in [0.15, 0.2) is 11.8 Å². The van der Waals surface area contributed by atoms with Gasteiger partial charge in [-0.25, -0.2) is 0 Å². The highest BCUT2D eigenvalue weighted by molar-refractivity contribution is 5.80. The number of carbonyl (C=O) groups is 1. The number of aliphatic hydroxyl groups excluding tert-OH is 1. The van der Waals surface area contributed by atoms with Crippen LogP contribution in [-0.4, -0.2) is 52.1 Å². The summed E-state index contributed by atoms with van der Waals surface area (Å²) < 4.78 is 0. The SMILES string of the molecule is CCN(C(=O)CN1C2CCC1CC(O)C2)C1=CCCC1. The van der Waals surface area contributed by atoms with Crippen LogP contribution in [0.5, 0.6) is 0 Å². The molecular weight excluding hydrogens is 252 g/mol. The molecule has 4 heteroatoms. The molecule has 1 aliphatic carbocycles. The molecule has 1 amide bonds. The lowest BCUT2D eigenvalue weighted by molar-refractivity contribution is -0.132. The van der Waals surface area contributed by atoms with E-state index in [2.05, 4.69) is 17.9 Å². The van der Waals surface area contributed by atoms with E-state index < -0.39 is 0 Å². The van der Waals surface area contributed by atoms with Gasteiger partial charge in [0, 0.05) is 24.3 Å². The molecule has 2 saturated heterocycles. The minimum absolute atomic E-state index is 0.154. The van der Waals surface area contributed by atoms with Crippen molar-refractivity contribution in [2.45, 2.75) is 70.1 Å². The van der Waals surface area contributed by atoms with E-state index in [1.54, 1.807) is 0 Å². The monoisotopic (exact) mass is 278 g/mol. The van der Waals surface area contributed by atoms with Gasteiger partial charge in [0.1, 0.15) is 0 Å². The average Bonchev–Trinajstić information content (AvgIpc) is 3.00. The Morgan fingerprint density at radius 2 is 2.10 bits per heavy atom. The first-order valence-electron chi connectivity index (χ1n) is 8.12. The van der Waals surface area contributed by atoms with Gasteiger partial charge in [-0.05, 0) is 51.9 Å². The van der Waals surface area contributed by atoms with Crippen molar-refractivity contribution in [1.29, 1.82) is 0 Å². The minimum atomic E-state index is -0.154. The van der Waals surface area contributed by atoms with Gasteiger partial charge in [-0.2, -0.15) is 0 Å². The lowest BCUT2D eigenvalue weighted by Crippen LogP contribution is -2.49. The molecule has 0 saturated carbocycles. The number of allylic oxidation sites excluding steroid dienone is 2. The van der Waals surface area contributed by atoms with Gasteiger partial charge >= 0.3 is 0 Å². The molecule has 20 heavy (non-hydrogen) atoms. The second-order valence-electron chi connectivity index (χ2n) is 6.41. The third-order valence-electron chi connectivity index (χ3n) is 5.16. The molecule has 2 unspecified atom stereocenters. The number of aliphatic hydroxyl groups is 1. The number of rotatable bonds is 4. The van der Waals surface area contributed by atoms with Gasteiger partial charge in [-0.15, -0.1) is 0 Å². The highest BCUT2D eigenvalue weighted by Crippen LogP contribution is 2.35. The third-order valence-corrected chi connectivity index (χ3v) is 5.16. The highest BCUT2D eigenvalue weighted by atomic mass is 16.3. The van der Waals surface area contributed by atoms with Crippen LogP contribution in [0.1, 0.15) is 51.9 Å². The Balaban J connectivity index is 1.63. The molecule has 2 atom stereocenters. The predicted molar refractivity (Wildman–Crippen MR) is 78.1 cm³/mol. The summed E-state index contributed by atoms with van der Waals surface area (Å²) in [6.07, 6.45) is 9.38. The largest absolute Gasteiger partial charge is 0.393 e. The van der Waals surface area contributed by atoms with Crippen molar-refractivity contribution >= 4 is 5.91 Å². The maximum Gasteiger partial charge on any atom is 0.240 e. The summed E-state index contributed by atoms with van der Waals surface area (Å²) in [7, 11) is 0. The lowest BCUT2D eigenvalue weighted by atomic mass is 10.00. The first-order valence-corrected chi connectivity index (χ1v) is 8.12. The fourth-order valence-corrected chi connectivity index (χ4v) is 4.18. The second kappa shape index (κ2) is 5.86. The molecule has 3 rings (SSSR count). The number of nitrogens with zero attached hydrogens (tertiary/aromatic N) is 2. The highest BCUT2D eigenvalue weighted by Gasteiger charge is 2.41. The smallest absolute Gasteiger partial charge is 0.240 e. The van der Waals surface area contributed by atoms with E-state index in [9.17, 15) is 9.90 Å². The maximum atomic E-state index is 12.6. The Labute approximate surface area is 121 Å². The topological polar surface area (TPSA) is 43.8 Å². The summed E-state index contributed by atoms with van der Waals surface area (Å²) >= 11 is 0. The summed E-state index contributed by atoms with van der Waals surface area (Å²) in [5.41, 5.74) is 1.22. The van der Waals surface area contributed by atoms with Gasteiger partial charge in [-0.1, -0.05) is 6.08 Å². The van der Waals surface area contributed by atoms with Crippen LogP contribution >= 0.6 is 0 Å². The van der Waals surface area contributed by atoms with Gasteiger partial charge in [-0.3, -0.25) is 9.69 Å². The summed E-state index contributed by atoms with van der Waals surface area (Å²) in [4.78, 5) is 16.9. The molecule has 0 aromatic carbocycles. The molecule has 2 bridgehead atoms. The molecule has 2 heterocycles. The molecule has 1 N–H and O–H groups in total. The maximum absolute atomic E-state index is 12.6. The predicted octanol–water partition coefficient (Wildman–Crippen LogP) is 1.89. The zero-order valence-corrected chi connectivity index (χ0v) is 12.4. The molecule has 112 valence electrons. The van der Waals surface area contributed by atoms with E-state index in [4.69, 9.17) is 0 Å². The van der Waals surface area contributed by atoms with Gasteiger partial charge in [0.15, 0.2) is 0 Å². The number of likely N-dealkylation sites (N-methyl/N-ethyl adjacent to an activating group) is 1. The Morgan fingerprint density at radius 1 is 1.40 bits per heavy atom. The number of hydrogen-bond acceptors (Lipinski definition) is 3. The van der Waals surface area contributed by atoms with Crippen molar-refractivity contribution in [3.63, 3.8) is 0 Å². The molecule has 0 aromatic rings. The van der Waals surface area contributed by atoms with Crippen LogP contribution in [0.25, 0.3) is 0 Å². The minimum Gasteiger partial charge on any atom is -0.393 e. The van der Waals surface area contributed by atoms with Crippen LogP contribution in [-0.2, 0) is 4.79 Å². The van der Waals surface area contributed by atoms with E-state index in [0.29, 0.717) is 18.6 Å². The molecule has 4 nitrogen and oxygen atoms in total. The quantitative estimate of drug-likeness (QED) is 0.854. The Bertz CT molecular complexity index is 393. The first-order chi connectivity index (χ1) is 9.69. The summed E-state index contributed by atoms with van der Waals surface area (Å²) in [5, 5.41) is 9.84. The Kier molecular flexibility index (Phi) is 4.13. The summed E-state index contributed by atoms with van der Waals surface area (Å²) in [6, 6.07) is 0.841. The number of hydrogen-bond donors (Lipinski definition) is 1. The zero-order chi connectivity index (χ0) is 14.1.